The van der Waals surface area contributed by atoms with Crippen molar-refractivity contribution in [2.75, 3.05) is 10.6 Å². The van der Waals surface area contributed by atoms with Gasteiger partial charge in [-0.25, -0.2) is 9.78 Å². The largest absolute Gasteiger partial charge is 0.418 e. The molecule has 0 aliphatic heterocycles. The van der Waals surface area contributed by atoms with Crippen LogP contribution in [0.1, 0.15) is 16.7 Å². The summed E-state index contributed by atoms with van der Waals surface area (Å²) in [6.07, 6.45) is -2.57. The molecular weight excluding hydrogens is 399 g/mol. The van der Waals surface area contributed by atoms with Crippen molar-refractivity contribution in [1.29, 1.82) is 0 Å². The molecule has 0 spiro atoms. The fourth-order valence-electron chi connectivity index (χ4n) is 3.85. The molecule has 0 saturated carbocycles. The molecule has 8 heteroatoms. The first-order valence-electron chi connectivity index (χ1n) is 8.98. The minimum absolute atomic E-state index is 0.301. The van der Waals surface area contributed by atoms with Gasteiger partial charge in [-0.2, -0.15) is 13.2 Å². The zero-order valence-corrected chi connectivity index (χ0v) is 15.7. The molecule has 5 rings (SSSR count). The molecule has 1 heterocycles. The standard InChI is InChI=1S/C21H14F3N3OS/c22-21(23,24)14-6-1-2-7-15(14)25-19(28)27-20-26-18-13-5-3-4-11-8-9-12(17(11)13)10-16(18)29-20/h1-7,10H,8-9H2,(H2,25,26,27,28). The number of halogens is 3. The zero-order chi connectivity index (χ0) is 20.2. The molecule has 0 fully saturated rings. The molecule has 0 atom stereocenters. The van der Waals surface area contributed by atoms with E-state index in [0.29, 0.717) is 5.13 Å². The number of hydrogen-bond donors (Lipinski definition) is 2. The van der Waals surface area contributed by atoms with E-state index >= 15 is 0 Å². The predicted octanol–water partition coefficient (Wildman–Crippen LogP) is 6.21. The summed E-state index contributed by atoms with van der Waals surface area (Å²) in [5.41, 5.74) is 2.16. The van der Waals surface area contributed by atoms with Gasteiger partial charge in [0.2, 0.25) is 0 Å². The van der Waals surface area contributed by atoms with Crippen molar-refractivity contribution < 1.29 is 18.0 Å². The Morgan fingerprint density at radius 2 is 1.79 bits per heavy atom. The fourth-order valence-corrected chi connectivity index (χ4v) is 4.79. The van der Waals surface area contributed by atoms with Crippen LogP contribution < -0.4 is 10.6 Å². The lowest BCUT2D eigenvalue weighted by Gasteiger charge is -2.13. The summed E-state index contributed by atoms with van der Waals surface area (Å²) in [5, 5.41) is 7.44. The van der Waals surface area contributed by atoms with Crippen LogP contribution in [0.3, 0.4) is 0 Å². The van der Waals surface area contributed by atoms with Crippen LogP contribution in [0.5, 0.6) is 0 Å². The maximum atomic E-state index is 13.1. The number of aryl methyl sites for hydroxylation is 2. The number of thiazole rings is 1. The Bertz CT molecular complexity index is 1280. The number of urea groups is 1. The number of nitrogens with one attached hydrogen (secondary N) is 2. The Balaban J connectivity index is 1.45. The van der Waals surface area contributed by atoms with Gasteiger partial charge in [0.25, 0.3) is 0 Å². The Morgan fingerprint density at radius 3 is 2.62 bits per heavy atom. The van der Waals surface area contributed by atoms with Gasteiger partial charge in [-0.1, -0.05) is 41.7 Å². The minimum atomic E-state index is -4.56. The summed E-state index contributed by atoms with van der Waals surface area (Å²) in [5.74, 6) is 0. The third kappa shape index (κ3) is 3.09. The molecule has 2 amide bonds. The Morgan fingerprint density at radius 1 is 1.00 bits per heavy atom. The summed E-state index contributed by atoms with van der Waals surface area (Å²) in [6, 6.07) is 12.3. The monoisotopic (exact) mass is 413 g/mol. The number of benzene rings is 3. The number of rotatable bonds is 2. The maximum absolute atomic E-state index is 13.1. The van der Waals surface area contributed by atoms with Gasteiger partial charge in [0.1, 0.15) is 0 Å². The van der Waals surface area contributed by atoms with Crippen LogP contribution in [-0.4, -0.2) is 11.0 Å². The SMILES string of the molecule is O=C(Nc1nc2c(cc3c4c(cccc42)CC3)s1)Nc1ccccc1C(F)(F)F. The van der Waals surface area contributed by atoms with Crippen molar-refractivity contribution in [3.8, 4) is 0 Å². The van der Waals surface area contributed by atoms with Crippen LogP contribution >= 0.6 is 11.3 Å². The van der Waals surface area contributed by atoms with E-state index in [9.17, 15) is 18.0 Å². The second-order valence-corrected chi connectivity index (χ2v) is 7.89. The number of alkyl halides is 3. The van der Waals surface area contributed by atoms with Crippen molar-refractivity contribution in [1.82, 2.24) is 4.98 Å². The van der Waals surface area contributed by atoms with Crippen molar-refractivity contribution in [3.05, 3.63) is 65.2 Å². The number of carbonyl (C=O) groups is 1. The van der Waals surface area contributed by atoms with Gasteiger partial charge in [0.15, 0.2) is 5.13 Å². The van der Waals surface area contributed by atoms with Crippen molar-refractivity contribution in [3.63, 3.8) is 0 Å². The number of carbonyl (C=O) groups excluding carboxylic acids is 1. The lowest BCUT2D eigenvalue weighted by atomic mass is 10.0. The normalized spacial score (nSPS) is 13.2. The van der Waals surface area contributed by atoms with Gasteiger partial charge >= 0.3 is 12.2 Å². The van der Waals surface area contributed by atoms with E-state index in [1.807, 2.05) is 12.1 Å². The number of aromatic nitrogens is 1. The third-order valence-electron chi connectivity index (χ3n) is 5.05. The van der Waals surface area contributed by atoms with Crippen LogP contribution in [0, 0.1) is 0 Å². The first-order valence-corrected chi connectivity index (χ1v) is 9.80. The van der Waals surface area contributed by atoms with E-state index in [4.69, 9.17) is 0 Å². The molecule has 0 radical (unpaired) electrons. The highest BCUT2D eigenvalue weighted by Gasteiger charge is 2.33. The summed E-state index contributed by atoms with van der Waals surface area (Å²) in [6.45, 7) is 0. The lowest BCUT2D eigenvalue weighted by molar-refractivity contribution is -0.136. The molecule has 4 nitrogen and oxygen atoms in total. The van der Waals surface area contributed by atoms with Crippen LogP contribution in [0.2, 0.25) is 0 Å². The van der Waals surface area contributed by atoms with E-state index in [-0.39, 0.29) is 5.69 Å². The number of fused-ring (bicyclic) bond motifs is 2. The van der Waals surface area contributed by atoms with Gasteiger partial charge in [-0.3, -0.25) is 5.32 Å². The van der Waals surface area contributed by atoms with Gasteiger partial charge in [0.05, 0.1) is 21.5 Å². The van der Waals surface area contributed by atoms with Crippen LogP contribution in [-0.2, 0) is 19.0 Å². The first-order chi connectivity index (χ1) is 13.9. The van der Waals surface area contributed by atoms with Crippen molar-refractivity contribution in [2.24, 2.45) is 0 Å². The maximum Gasteiger partial charge on any atom is 0.418 e. The molecule has 4 aromatic rings. The minimum Gasteiger partial charge on any atom is -0.307 e. The Hall–Kier alpha value is -3.13. The molecule has 2 N–H and O–H groups in total. The summed E-state index contributed by atoms with van der Waals surface area (Å²) in [7, 11) is 0. The van der Waals surface area contributed by atoms with E-state index < -0.39 is 17.8 Å². The number of amides is 2. The average molecular weight is 413 g/mol. The second kappa shape index (κ2) is 6.45. The van der Waals surface area contributed by atoms with E-state index in [0.717, 1.165) is 34.5 Å². The number of anilines is 2. The highest BCUT2D eigenvalue weighted by molar-refractivity contribution is 7.22. The highest BCUT2D eigenvalue weighted by atomic mass is 32.1. The topological polar surface area (TPSA) is 54.0 Å². The average Bonchev–Trinajstić information content (AvgIpc) is 3.26. The molecule has 0 bridgehead atoms. The van der Waals surface area contributed by atoms with Crippen molar-refractivity contribution >= 4 is 49.2 Å². The number of nitrogens with zero attached hydrogens (tertiary/aromatic N) is 1. The molecule has 0 unspecified atom stereocenters. The number of hydrogen-bond acceptors (Lipinski definition) is 3. The summed E-state index contributed by atoms with van der Waals surface area (Å²) in [4.78, 5) is 16.8. The lowest BCUT2D eigenvalue weighted by Crippen LogP contribution is -2.21. The molecule has 146 valence electrons. The zero-order valence-electron chi connectivity index (χ0n) is 14.9. The molecule has 3 aromatic carbocycles. The van der Waals surface area contributed by atoms with Gasteiger partial charge < -0.3 is 5.32 Å². The Kier molecular flexibility index (Phi) is 3.99. The van der Waals surface area contributed by atoms with Gasteiger partial charge in [0, 0.05) is 5.39 Å². The van der Waals surface area contributed by atoms with Crippen molar-refractivity contribution in [2.45, 2.75) is 19.0 Å². The van der Waals surface area contributed by atoms with E-state index in [1.165, 1.54) is 46.0 Å². The Labute approximate surface area is 167 Å². The smallest absolute Gasteiger partial charge is 0.307 e. The number of para-hydroxylation sites is 1. The molecule has 0 saturated heterocycles. The van der Waals surface area contributed by atoms with Gasteiger partial charge in [-0.05, 0) is 47.6 Å². The third-order valence-corrected chi connectivity index (χ3v) is 5.97. The van der Waals surface area contributed by atoms with Crippen LogP contribution in [0.25, 0.3) is 21.0 Å². The molecule has 1 aliphatic rings. The molecule has 1 aliphatic carbocycles. The van der Waals surface area contributed by atoms with E-state index in [2.05, 4.69) is 27.8 Å². The van der Waals surface area contributed by atoms with Crippen LogP contribution in [0.4, 0.5) is 28.8 Å². The second-order valence-electron chi connectivity index (χ2n) is 6.86. The van der Waals surface area contributed by atoms with Crippen LogP contribution in [0.15, 0.2) is 48.5 Å². The first kappa shape index (κ1) is 17.9. The fraction of sp³-hybridized carbons (Fsp3) is 0.143. The predicted molar refractivity (Wildman–Crippen MR) is 109 cm³/mol. The molecule has 1 aromatic heterocycles. The van der Waals surface area contributed by atoms with E-state index in [1.54, 1.807) is 0 Å². The highest BCUT2D eigenvalue weighted by Crippen LogP contribution is 2.39. The molecule has 29 heavy (non-hydrogen) atoms. The molecular formula is C21H14F3N3OS. The summed E-state index contributed by atoms with van der Waals surface area (Å²) < 4.78 is 40.3. The summed E-state index contributed by atoms with van der Waals surface area (Å²) >= 11 is 1.31. The van der Waals surface area contributed by atoms with Gasteiger partial charge in [-0.15, -0.1) is 0 Å². The quantitative estimate of drug-likeness (QED) is 0.410.